The lowest BCUT2D eigenvalue weighted by molar-refractivity contribution is 0.309. The van der Waals surface area contributed by atoms with Gasteiger partial charge in [-0.15, -0.1) is 0 Å². The summed E-state index contributed by atoms with van der Waals surface area (Å²) in [5.41, 5.74) is 3.41. The highest BCUT2D eigenvalue weighted by Crippen LogP contribution is 2.28. The molecule has 0 fully saturated rings. The molecular weight excluding hydrogens is 282 g/mol. The van der Waals surface area contributed by atoms with Crippen LogP contribution in [0.25, 0.3) is 0 Å². The number of nitrogens with zero attached hydrogens (tertiary/aromatic N) is 1. The number of benzene rings is 2. The van der Waals surface area contributed by atoms with Crippen LogP contribution >= 0.6 is 0 Å². The number of aryl methyl sites for hydroxylation is 1. The van der Waals surface area contributed by atoms with Gasteiger partial charge in [0.2, 0.25) is 10.0 Å². The minimum Gasteiger partial charge on any atom is -0.207 e. The van der Waals surface area contributed by atoms with Crippen LogP contribution in [0.3, 0.4) is 0 Å². The molecule has 21 heavy (non-hydrogen) atoms. The normalized spacial score (nSPS) is 19.2. The van der Waals surface area contributed by atoms with Crippen LogP contribution in [-0.4, -0.2) is 18.8 Å². The third-order valence-electron chi connectivity index (χ3n) is 4.08. The van der Waals surface area contributed by atoms with Crippen LogP contribution in [-0.2, 0) is 23.0 Å². The van der Waals surface area contributed by atoms with E-state index in [1.54, 1.807) is 16.4 Å². The van der Waals surface area contributed by atoms with Gasteiger partial charge in [-0.25, -0.2) is 8.42 Å². The van der Waals surface area contributed by atoms with Crippen molar-refractivity contribution in [2.24, 2.45) is 0 Å². The monoisotopic (exact) mass is 301 g/mol. The number of sulfonamides is 1. The highest BCUT2D eigenvalue weighted by atomic mass is 32.2. The quantitative estimate of drug-likeness (QED) is 0.854. The SMILES string of the molecule is Cc1ccc(S(=O)(=O)N2Cc3ccccc3C[C@H]2C)cc1. The Balaban J connectivity index is 1.98. The van der Waals surface area contributed by atoms with Crippen LogP contribution in [0.1, 0.15) is 23.6 Å². The summed E-state index contributed by atoms with van der Waals surface area (Å²) in [4.78, 5) is 0.374. The molecule has 3 nitrogen and oxygen atoms in total. The molecule has 0 aliphatic carbocycles. The highest BCUT2D eigenvalue weighted by molar-refractivity contribution is 7.89. The van der Waals surface area contributed by atoms with E-state index < -0.39 is 10.0 Å². The van der Waals surface area contributed by atoms with E-state index in [-0.39, 0.29) is 6.04 Å². The lowest BCUT2D eigenvalue weighted by Crippen LogP contribution is -2.42. The zero-order valence-electron chi connectivity index (χ0n) is 12.3. The van der Waals surface area contributed by atoms with Gasteiger partial charge in [0, 0.05) is 12.6 Å². The molecule has 0 saturated heterocycles. The van der Waals surface area contributed by atoms with Crippen LogP contribution in [0.15, 0.2) is 53.4 Å². The molecule has 0 amide bonds. The van der Waals surface area contributed by atoms with Gasteiger partial charge >= 0.3 is 0 Å². The number of hydrogen-bond acceptors (Lipinski definition) is 2. The summed E-state index contributed by atoms with van der Waals surface area (Å²) in [6, 6.07) is 15.1. The Hall–Kier alpha value is -1.65. The fraction of sp³-hybridized carbons (Fsp3) is 0.294. The standard InChI is InChI=1S/C17H19NO2S/c1-13-7-9-17(10-8-13)21(19,20)18-12-16-6-4-3-5-15(16)11-14(18)2/h3-10,14H,11-12H2,1-2H3/t14-/m1/s1. The third kappa shape index (κ3) is 2.61. The van der Waals surface area contributed by atoms with Gasteiger partial charge in [-0.05, 0) is 43.5 Å². The lowest BCUT2D eigenvalue weighted by Gasteiger charge is -2.33. The van der Waals surface area contributed by atoms with Crippen molar-refractivity contribution in [2.45, 2.75) is 37.8 Å². The zero-order chi connectivity index (χ0) is 15.0. The van der Waals surface area contributed by atoms with E-state index in [1.165, 1.54) is 5.56 Å². The molecule has 1 atom stereocenters. The van der Waals surface area contributed by atoms with E-state index >= 15 is 0 Å². The number of fused-ring (bicyclic) bond motifs is 1. The van der Waals surface area contributed by atoms with Gasteiger partial charge < -0.3 is 0 Å². The lowest BCUT2D eigenvalue weighted by atomic mass is 9.97. The van der Waals surface area contributed by atoms with Gasteiger partial charge in [-0.3, -0.25) is 0 Å². The molecule has 0 aromatic heterocycles. The maximum absolute atomic E-state index is 12.8. The predicted molar refractivity (Wildman–Crippen MR) is 83.5 cm³/mol. The Morgan fingerprint density at radius 3 is 2.29 bits per heavy atom. The van der Waals surface area contributed by atoms with Crippen LogP contribution < -0.4 is 0 Å². The van der Waals surface area contributed by atoms with Gasteiger partial charge in [0.1, 0.15) is 0 Å². The van der Waals surface area contributed by atoms with Crippen molar-refractivity contribution in [2.75, 3.05) is 0 Å². The fourth-order valence-corrected chi connectivity index (χ4v) is 4.43. The molecule has 1 heterocycles. The molecule has 0 spiro atoms. The summed E-state index contributed by atoms with van der Waals surface area (Å²) in [5, 5.41) is 0. The molecule has 0 radical (unpaired) electrons. The van der Waals surface area contributed by atoms with Crippen molar-refractivity contribution < 1.29 is 8.42 Å². The summed E-state index contributed by atoms with van der Waals surface area (Å²) >= 11 is 0. The second-order valence-electron chi connectivity index (χ2n) is 5.69. The van der Waals surface area contributed by atoms with Gasteiger partial charge in [0.05, 0.1) is 4.90 Å². The minimum absolute atomic E-state index is 0.0220. The molecule has 3 rings (SSSR count). The summed E-state index contributed by atoms with van der Waals surface area (Å²) in [6.07, 6.45) is 0.765. The summed E-state index contributed by atoms with van der Waals surface area (Å²) in [5.74, 6) is 0. The Morgan fingerprint density at radius 1 is 1.00 bits per heavy atom. The van der Waals surface area contributed by atoms with E-state index in [1.807, 2.05) is 44.2 Å². The third-order valence-corrected chi connectivity index (χ3v) is 6.05. The van der Waals surface area contributed by atoms with E-state index in [0.29, 0.717) is 11.4 Å². The van der Waals surface area contributed by atoms with Crippen molar-refractivity contribution in [3.8, 4) is 0 Å². The van der Waals surface area contributed by atoms with Crippen molar-refractivity contribution in [3.63, 3.8) is 0 Å². The van der Waals surface area contributed by atoms with E-state index in [2.05, 4.69) is 6.07 Å². The first kappa shape index (κ1) is 14.3. The zero-order valence-corrected chi connectivity index (χ0v) is 13.1. The van der Waals surface area contributed by atoms with Gasteiger partial charge in [-0.1, -0.05) is 42.0 Å². The first-order chi connectivity index (χ1) is 9.98. The average molecular weight is 301 g/mol. The van der Waals surface area contributed by atoms with Crippen molar-refractivity contribution in [3.05, 3.63) is 65.2 Å². The van der Waals surface area contributed by atoms with Crippen molar-refractivity contribution >= 4 is 10.0 Å². The maximum Gasteiger partial charge on any atom is 0.243 e. The highest BCUT2D eigenvalue weighted by Gasteiger charge is 2.32. The molecule has 2 aromatic rings. The van der Waals surface area contributed by atoms with Crippen LogP contribution in [0.4, 0.5) is 0 Å². The Bertz CT molecular complexity index is 751. The number of rotatable bonds is 2. The van der Waals surface area contributed by atoms with Crippen LogP contribution in [0, 0.1) is 6.92 Å². The first-order valence-corrected chi connectivity index (χ1v) is 8.58. The van der Waals surface area contributed by atoms with Crippen molar-refractivity contribution in [1.29, 1.82) is 0 Å². The largest absolute Gasteiger partial charge is 0.243 e. The average Bonchev–Trinajstić information content (AvgIpc) is 2.47. The maximum atomic E-state index is 12.8. The second-order valence-corrected chi connectivity index (χ2v) is 7.58. The summed E-state index contributed by atoms with van der Waals surface area (Å²) in [7, 11) is -3.44. The van der Waals surface area contributed by atoms with Crippen molar-refractivity contribution in [1.82, 2.24) is 4.31 Å². The van der Waals surface area contributed by atoms with E-state index in [9.17, 15) is 8.42 Å². The fourth-order valence-electron chi connectivity index (χ4n) is 2.82. The smallest absolute Gasteiger partial charge is 0.207 e. The molecule has 2 aromatic carbocycles. The molecule has 0 bridgehead atoms. The van der Waals surface area contributed by atoms with Gasteiger partial charge in [0.15, 0.2) is 0 Å². The summed E-state index contributed by atoms with van der Waals surface area (Å²) < 4.78 is 27.3. The Morgan fingerprint density at radius 2 is 1.62 bits per heavy atom. The molecular formula is C17H19NO2S. The molecule has 1 aliphatic heterocycles. The Kier molecular flexibility index (Phi) is 3.59. The van der Waals surface area contributed by atoms with Crippen LogP contribution in [0.2, 0.25) is 0 Å². The van der Waals surface area contributed by atoms with Gasteiger partial charge in [-0.2, -0.15) is 4.31 Å². The molecule has 0 unspecified atom stereocenters. The second kappa shape index (κ2) is 5.28. The predicted octanol–water partition coefficient (Wildman–Crippen LogP) is 3.13. The van der Waals surface area contributed by atoms with Crippen LogP contribution in [0.5, 0.6) is 0 Å². The molecule has 1 aliphatic rings. The number of hydrogen-bond donors (Lipinski definition) is 0. The van der Waals surface area contributed by atoms with E-state index in [4.69, 9.17) is 0 Å². The molecule has 110 valence electrons. The topological polar surface area (TPSA) is 37.4 Å². The molecule has 4 heteroatoms. The molecule has 0 N–H and O–H groups in total. The van der Waals surface area contributed by atoms with E-state index in [0.717, 1.165) is 17.5 Å². The first-order valence-electron chi connectivity index (χ1n) is 7.14. The van der Waals surface area contributed by atoms with Gasteiger partial charge in [0.25, 0.3) is 0 Å². The summed E-state index contributed by atoms with van der Waals surface area (Å²) in [6.45, 7) is 4.38. The molecule has 0 saturated carbocycles. The Labute approximate surface area is 126 Å². The minimum atomic E-state index is -3.44.